The maximum atomic E-state index is 5.13. The van der Waals surface area contributed by atoms with Crippen LogP contribution in [0.3, 0.4) is 0 Å². The molecule has 0 spiro atoms. The maximum absolute atomic E-state index is 5.13. The van der Waals surface area contributed by atoms with Gasteiger partial charge in [0.25, 0.3) is 0 Å². The predicted octanol–water partition coefficient (Wildman–Crippen LogP) is 2.66. The molecular weight excluding hydrogens is 176 g/mol. The van der Waals surface area contributed by atoms with Gasteiger partial charge in [0.05, 0.1) is 13.7 Å². The summed E-state index contributed by atoms with van der Waals surface area (Å²) in [5, 5.41) is 0. The average molecular weight is 192 g/mol. The van der Waals surface area contributed by atoms with Crippen LogP contribution in [-0.2, 0) is 4.74 Å². The summed E-state index contributed by atoms with van der Waals surface area (Å²) in [5.41, 5.74) is 2.40. The summed E-state index contributed by atoms with van der Waals surface area (Å²) in [4.78, 5) is 0. The van der Waals surface area contributed by atoms with Crippen LogP contribution in [0.5, 0.6) is 5.75 Å². The highest BCUT2D eigenvalue weighted by molar-refractivity contribution is 5.55. The lowest BCUT2D eigenvalue weighted by atomic mass is 10.1. The number of hydrogen-bond donors (Lipinski definition) is 0. The molecule has 0 N–H and O–H groups in total. The molecule has 0 aromatic heterocycles. The molecular formula is C12H16O2. The molecule has 0 saturated carbocycles. The number of aryl methyl sites for hydroxylation is 1. The zero-order chi connectivity index (χ0) is 10.4. The molecule has 0 saturated heterocycles. The molecule has 76 valence electrons. The van der Waals surface area contributed by atoms with Gasteiger partial charge in [-0.2, -0.15) is 0 Å². The number of hydrogen-bond acceptors (Lipinski definition) is 2. The average Bonchev–Trinajstić information content (AvgIpc) is 2.20. The first-order valence-electron chi connectivity index (χ1n) is 4.58. The number of methoxy groups -OCH3 is 2. The summed E-state index contributed by atoms with van der Waals surface area (Å²) in [6.45, 7) is 2.71. The summed E-state index contributed by atoms with van der Waals surface area (Å²) in [5.74, 6) is 0.895. The second kappa shape index (κ2) is 5.45. The Kier molecular flexibility index (Phi) is 4.20. The third-order valence-electron chi connectivity index (χ3n) is 2.04. The minimum absolute atomic E-state index is 0.644. The van der Waals surface area contributed by atoms with Gasteiger partial charge >= 0.3 is 0 Å². The van der Waals surface area contributed by atoms with Crippen LogP contribution in [0.4, 0.5) is 0 Å². The summed E-state index contributed by atoms with van der Waals surface area (Å²) < 4.78 is 10.1. The first kappa shape index (κ1) is 10.8. The van der Waals surface area contributed by atoms with Crippen molar-refractivity contribution in [2.45, 2.75) is 6.92 Å². The van der Waals surface area contributed by atoms with Crippen LogP contribution in [0.15, 0.2) is 24.3 Å². The summed E-state index contributed by atoms with van der Waals surface area (Å²) in [7, 11) is 3.36. The lowest BCUT2D eigenvalue weighted by Crippen LogP contribution is -1.86. The standard InChI is InChI=1S/C12H16O2/c1-10-9-12(14-3)7-6-11(10)5-4-8-13-2/h4-7,9H,8H2,1-3H3/b5-4+. The zero-order valence-electron chi connectivity index (χ0n) is 8.91. The normalized spacial score (nSPS) is 10.8. The lowest BCUT2D eigenvalue weighted by molar-refractivity contribution is 0.234. The Balaban J connectivity index is 2.78. The van der Waals surface area contributed by atoms with E-state index in [-0.39, 0.29) is 0 Å². The van der Waals surface area contributed by atoms with Gasteiger partial charge in [-0.05, 0) is 30.2 Å². The zero-order valence-corrected chi connectivity index (χ0v) is 8.91. The Labute approximate surface area is 85.2 Å². The Morgan fingerprint density at radius 1 is 1.29 bits per heavy atom. The molecule has 0 unspecified atom stereocenters. The summed E-state index contributed by atoms with van der Waals surface area (Å²) >= 11 is 0. The second-order valence-corrected chi connectivity index (χ2v) is 3.08. The Morgan fingerprint density at radius 3 is 2.64 bits per heavy atom. The minimum atomic E-state index is 0.644. The van der Waals surface area contributed by atoms with Crippen molar-refractivity contribution in [1.29, 1.82) is 0 Å². The van der Waals surface area contributed by atoms with Crippen LogP contribution in [0.2, 0.25) is 0 Å². The largest absolute Gasteiger partial charge is 0.497 e. The van der Waals surface area contributed by atoms with Crippen LogP contribution in [0, 0.1) is 6.92 Å². The molecule has 0 aliphatic heterocycles. The van der Waals surface area contributed by atoms with Crippen LogP contribution in [0.25, 0.3) is 6.08 Å². The highest BCUT2D eigenvalue weighted by Crippen LogP contribution is 2.17. The molecule has 1 rings (SSSR count). The predicted molar refractivity (Wildman–Crippen MR) is 58.6 cm³/mol. The molecule has 0 amide bonds. The summed E-state index contributed by atoms with van der Waals surface area (Å²) in [6.07, 6.45) is 4.05. The van der Waals surface area contributed by atoms with E-state index in [1.165, 1.54) is 11.1 Å². The Hall–Kier alpha value is -1.28. The third-order valence-corrected chi connectivity index (χ3v) is 2.04. The van der Waals surface area contributed by atoms with Crippen molar-refractivity contribution >= 4 is 6.08 Å². The van der Waals surface area contributed by atoms with Gasteiger partial charge in [-0.1, -0.05) is 18.2 Å². The molecule has 0 fully saturated rings. The van der Waals surface area contributed by atoms with Gasteiger partial charge in [-0.3, -0.25) is 0 Å². The van der Waals surface area contributed by atoms with Crippen LogP contribution < -0.4 is 4.74 Å². The minimum Gasteiger partial charge on any atom is -0.497 e. The van der Waals surface area contributed by atoms with Crippen molar-refractivity contribution < 1.29 is 9.47 Å². The number of benzene rings is 1. The van der Waals surface area contributed by atoms with Crippen molar-refractivity contribution in [3.63, 3.8) is 0 Å². The van der Waals surface area contributed by atoms with Crippen LogP contribution >= 0.6 is 0 Å². The summed E-state index contributed by atoms with van der Waals surface area (Å²) in [6, 6.07) is 6.02. The van der Waals surface area contributed by atoms with E-state index >= 15 is 0 Å². The van der Waals surface area contributed by atoms with E-state index in [2.05, 4.69) is 13.0 Å². The quantitative estimate of drug-likeness (QED) is 0.730. The Bertz CT molecular complexity index is 316. The van der Waals surface area contributed by atoms with Gasteiger partial charge < -0.3 is 9.47 Å². The van der Waals surface area contributed by atoms with Gasteiger partial charge in [-0.15, -0.1) is 0 Å². The van der Waals surface area contributed by atoms with E-state index in [0.717, 1.165) is 5.75 Å². The SMILES string of the molecule is COC/C=C/c1ccc(OC)cc1C. The molecule has 1 aromatic rings. The van der Waals surface area contributed by atoms with Gasteiger partial charge in [0.2, 0.25) is 0 Å². The van der Waals surface area contributed by atoms with Crippen molar-refractivity contribution in [3.8, 4) is 5.75 Å². The van der Waals surface area contributed by atoms with Crippen LogP contribution in [0.1, 0.15) is 11.1 Å². The monoisotopic (exact) mass is 192 g/mol. The molecule has 0 radical (unpaired) electrons. The number of rotatable bonds is 4. The second-order valence-electron chi connectivity index (χ2n) is 3.08. The molecule has 2 heteroatoms. The first-order chi connectivity index (χ1) is 6.77. The van der Waals surface area contributed by atoms with Gasteiger partial charge in [-0.25, -0.2) is 0 Å². The number of ether oxygens (including phenoxy) is 2. The van der Waals surface area contributed by atoms with E-state index < -0.39 is 0 Å². The fourth-order valence-corrected chi connectivity index (χ4v) is 1.23. The fourth-order valence-electron chi connectivity index (χ4n) is 1.23. The Morgan fingerprint density at radius 2 is 2.07 bits per heavy atom. The van der Waals surface area contributed by atoms with E-state index in [1.807, 2.05) is 24.3 Å². The molecule has 0 aliphatic carbocycles. The molecule has 0 atom stereocenters. The fraction of sp³-hybridized carbons (Fsp3) is 0.333. The van der Waals surface area contributed by atoms with Crippen molar-refractivity contribution in [2.75, 3.05) is 20.8 Å². The van der Waals surface area contributed by atoms with E-state index in [4.69, 9.17) is 9.47 Å². The van der Waals surface area contributed by atoms with Gasteiger partial charge in [0, 0.05) is 7.11 Å². The van der Waals surface area contributed by atoms with Crippen molar-refractivity contribution in [1.82, 2.24) is 0 Å². The highest BCUT2D eigenvalue weighted by atomic mass is 16.5. The smallest absolute Gasteiger partial charge is 0.119 e. The highest BCUT2D eigenvalue weighted by Gasteiger charge is 1.96. The van der Waals surface area contributed by atoms with Gasteiger partial charge in [0.15, 0.2) is 0 Å². The van der Waals surface area contributed by atoms with Crippen molar-refractivity contribution in [2.24, 2.45) is 0 Å². The van der Waals surface area contributed by atoms with E-state index in [1.54, 1.807) is 14.2 Å². The molecule has 0 aliphatic rings. The third kappa shape index (κ3) is 2.89. The molecule has 14 heavy (non-hydrogen) atoms. The van der Waals surface area contributed by atoms with Gasteiger partial charge in [0.1, 0.15) is 5.75 Å². The molecule has 1 aromatic carbocycles. The maximum Gasteiger partial charge on any atom is 0.119 e. The van der Waals surface area contributed by atoms with Crippen LogP contribution in [-0.4, -0.2) is 20.8 Å². The van der Waals surface area contributed by atoms with Crippen molar-refractivity contribution in [3.05, 3.63) is 35.4 Å². The lowest BCUT2D eigenvalue weighted by Gasteiger charge is -2.03. The van der Waals surface area contributed by atoms with E-state index in [0.29, 0.717) is 6.61 Å². The molecule has 2 nitrogen and oxygen atoms in total. The van der Waals surface area contributed by atoms with E-state index in [9.17, 15) is 0 Å². The molecule has 0 bridgehead atoms. The topological polar surface area (TPSA) is 18.5 Å². The molecule has 0 heterocycles. The first-order valence-corrected chi connectivity index (χ1v) is 4.58.